The van der Waals surface area contributed by atoms with Crippen LogP contribution in [0.2, 0.25) is 0 Å². The molecule has 0 spiro atoms. The molecule has 2 aromatic rings. The zero-order chi connectivity index (χ0) is 19.3. The topological polar surface area (TPSA) is 67.4 Å². The van der Waals surface area contributed by atoms with Crippen LogP contribution in [0.3, 0.4) is 0 Å². The Hall–Kier alpha value is -2.89. The number of nitrogens with one attached hydrogen (secondary N) is 2. The summed E-state index contributed by atoms with van der Waals surface area (Å²) in [6, 6.07) is 11.4. The molecule has 0 saturated carbocycles. The van der Waals surface area contributed by atoms with E-state index in [0.717, 1.165) is 11.1 Å². The van der Waals surface area contributed by atoms with Gasteiger partial charge in [0.25, 0.3) is 11.8 Å². The minimum Gasteiger partial charge on any atom is -0.481 e. The fraction of sp³-hybridized carbons (Fsp3) is 0.300. The second-order valence-electron chi connectivity index (χ2n) is 6.36. The zero-order valence-electron chi connectivity index (χ0n) is 15.3. The summed E-state index contributed by atoms with van der Waals surface area (Å²) in [4.78, 5) is 24.1. The quantitative estimate of drug-likeness (QED) is 0.804. The van der Waals surface area contributed by atoms with E-state index in [2.05, 4.69) is 24.7 Å². The first-order valence-electron chi connectivity index (χ1n) is 8.41. The van der Waals surface area contributed by atoms with Crippen LogP contribution < -0.4 is 15.6 Å². The smallest absolute Gasteiger partial charge is 0.279 e. The second-order valence-corrected chi connectivity index (χ2v) is 6.36. The molecule has 0 fully saturated rings. The highest BCUT2D eigenvalue weighted by atomic mass is 19.1. The molecule has 138 valence electrons. The molecule has 0 aliphatic heterocycles. The van der Waals surface area contributed by atoms with E-state index in [1.54, 1.807) is 6.92 Å². The van der Waals surface area contributed by atoms with Gasteiger partial charge in [-0.3, -0.25) is 20.4 Å². The van der Waals surface area contributed by atoms with Crippen LogP contribution >= 0.6 is 0 Å². The number of benzene rings is 2. The van der Waals surface area contributed by atoms with Crippen molar-refractivity contribution in [3.63, 3.8) is 0 Å². The molecule has 0 unspecified atom stereocenters. The van der Waals surface area contributed by atoms with Gasteiger partial charge in [0.1, 0.15) is 11.6 Å². The highest BCUT2D eigenvalue weighted by Gasteiger charge is 2.18. The van der Waals surface area contributed by atoms with Crippen LogP contribution in [0.25, 0.3) is 0 Å². The number of hydrogen-bond acceptors (Lipinski definition) is 3. The van der Waals surface area contributed by atoms with Crippen molar-refractivity contribution in [3.05, 3.63) is 65.0 Å². The van der Waals surface area contributed by atoms with E-state index in [0.29, 0.717) is 11.7 Å². The Morgan fingerprint density at radius 2 is 1.73 bits per heavy atom. The fourth-order valence-corrected chi connectivity index (χ4v) is 2.28. The molecule has 0 radical (unpaired) electrons. The molecule has 2 N–H and O–H groups in total. The van der Waals surface area contributed by atoms with Crippen LogP contribution in [0.5, 0.6) is 5.75 Å². The average molecular weight is 358 g/mol. The average Bonchev–Trinajstić information content (AvgIpc) is 2.61. The number of ether oxygens (including phenoxy) is 1. The number of hydrazine groups is 1. The molecule has 0 aliphatic carbocycles. The molecule has 0 bridgehead atoms. The molecule has 26 heavy (non-hydrogen) atoms. The van der Waals surface area contributed by atoms with E-state index >= 15 is 0 Å². The Balaban J connectivity index is 1.97. The van der Waals surface area contributed by atoms with Gasteiger partial charge in [-0.25, -0.2) is 4.39 Å². The van der Waals surface area contributed by atoms with Crippen LogP contribution in [0.1, 0.15) is 48.2 Å². The largest absolute Gasteiger partial charge is 0.481 e. The lowest BCUT2D eigenvalue weighted by molar-refractivity contribution is -0.128. The van der Waals surface area contributed by atoms with E-state index in [1.165, 1.54) is 24.3 Å². The van der Waals surface area contributed by atoms with Crippen LogP contribution in [0.15, 0.2) is 42.5 Å². The highest BCUT2D eigenvalue weighted by molar-refractivity contribution is 5.95. The molecule has 0 aliphatic rings. The summed E-state index contributed by atoms with van der Waals surface area (Å²) in [7, 11) is 0. The van der Waals surface area contributed by atoms with Crippen molar-refractivity contribution >= 4 is 11.8 Å². The molecule has 5 nitrogen and oxygen atoms in total. The molecule has 0 heterocycles. The van der Waals surface area contributed by atoms with Gasteiger partial charge in [0.05, 0.1) is 5.56 Å². The Labute approximate surface area is 152 Å². The van der Waals surface area contributed by atoms with Crippen LogP contribution in [-0.4, -0.2) is 17.9 Å². The van der Waals surface area contributed by atoms with Gasteiger partial charge >= 0.3 is 0 Å². The van der Waals surface area contributed by atoms with Gasteiger partial charge < -0.3 is 4.74 Å². The zero-order valence-corrected chi connectivity index (χ0v) is 15.3. The molecule has 0 aromatic heterocycles. The maximum atomic E-state index is 13.6. The molecule has 2 amide bonds. The lowest BCUT2D eigenvalue weighted by Crippen LogP contribution is -2.47. The summed E-state index contributed by atoms with van der Waals surface area (Å²) >= 11 is 0. The van der Waals surface area contributed by atoms with E-state index in [4.69, 9.17) is 4.74 Å². The second kappa shape index (κ2) is 8.47. The van der Waals surface area contributed by atoms with Crippen molar-refractivity contribution in [2.45, 2.75) is 39.7 Å². The van der Waals surface area contributed by atoms with Gasteiger partial charge in [-0.1, -0.05) is 38.1 Å². The summed E-state index contributed by atoms with van der Waals surface area (Å²) in [5, 5.41) is 0. The maximum Gasteiger partial charge on any atom is 0.279 e. The van der Waals surface area contributed by atoms with E-state index in [9.17, 15) is 14.0 Å². The Morgan fingerprint density at radius 1 is 1.04 bits per heavy atom. The highest BCUT2D eigenvalue weighted by Crippen LogP contribution is 2.25. The van der Waals surface area contributed by atoms with Crippen molar-refractivity contribution in [2.24, 2.45) is 0 Å². The third-order valence-corrected chi connectivity index (χ3v) is 3.97. The van der Waals surface area contributed by atoms with Gasteiger partial charge in [-0.15, -0.1) is 0 Å². The van der Waals surface area contributed by atoms with Crippen molar-refractivity contribution < 1.29 is 18.7 Å². The fourth-order valence-electron chi connectivity index (χ4n) is 2.28. The lowest BCUT2D eigenvalue weighted by atomic mass is 10.0. The summed E-state index contributed by atoms with van der Waals surface area (Å²) < 4.78 is 19.3. The minimum atomic E-state index is -0.836. The molecular weight excluding hydrogens is 335 g/mol. The number of rotatable bonds is 5. The molecule has 2 aromatic carbocycles. The minimum absolute atomic E-state index is 0.151. The first kappa shape index (κ1) is 19.4. The first-order valence-corrected chi connectivity index (χ1v) is 8.41. The van der Waals surface area contributed by atoms with Crippen LogP contribution in [0.4, 0.5) is 4.39 Å². The van der Waals surface area contributed by atoms with Gasteiger partial charge in [0, 0.05) is 0 Å². The van der Waals surface area contributed by atoms with E-state index in [1.807, 2.05) is 25.1 Å². The number of hydrogen-bond donors (Lipinski definition) is 2. The third-order valence-electron chi connectivity index (χ3n) is 3.97. The molecule has 0 saturated heterocycles. The van der Waals surface area contributed by atoms with Crippen molar-refractivity contribution in [2.75, 3.05) is 0 Å². The Bertz CT molecular complexity index is 805. The van der Waals surface area contributed by atoms with Gasteiger partial charge in [-0.05, 0) is 49.1 Å². The molecule has 2 rings (SSSR count). The monoisotopic (exact) mass is 358 g/mol. The SMILES string of the molecule is Cc1ccc(C(C)C)cc1O[C@@H](C)C(=O)NNC(=O)c1ccccc1F. The summed E-state index contributed by atoms with van der Waals surface area (Å²) in [6.45, 7) is 7.61. The number of carbonyl (C=O) groups excluding carboxylic acids is 2. The van der Waals surface area contributed by atoms with Gasteiger partial charge in [-0.2, -0.15) is 0 Å². The lowest BCUT2D eigenvalue weighted by Gasteiger charge is -2.18. The van der Waals surface area contributed by atoms with Crippen molar-refractivity contribution in [1.29, 1.82) is 0 Å². The first-order chi connectivity index (χ1) is 12.3. The number of aryl methyl sites for hydroxylation is 1. The Kier molecular flexibility index (Phi) is 6.33. The van der Waals surface area contributed by atoms with Crippen molar-refractivity contribution in [3.8, 4) is 5.75 Å². The molecular formula is C20H23FN2O3. The number of amides is 2. The number of carbonyl (C=O) groups is 2. The molecule has 1 atom stereocenters. The predicted molar refractivity (Wildman–Crippen MR) is 97.4 cm³/mol. The summed E-state index contributed by atoms with van der Waals surface area (Å²) in [5.74, 6) is -0.989. The normalized spacial score (nSPS) is 11.8. The Morgan fingerprint density at radius 3 is 2.38 bits per heavy atom. The standard InChI is InChI=1S/C20H23FN2O3/c1-12(2)15-10-9-13(3)18(11-15)26-14(4)19(24)22-23-20(25)16-7-5-6-8-17(16)21/h5-12,14H,1-4H3,(H,22,24)(H,23,25)/t14-/m0/s1. The van der Waals surface area contributed by atoms with E-state index < -0.39 is 23.7 Å². The molecule has 6 heteroatoms. The van der Waals surface area contributed by atoms with E-state index in [-0.39, 0.29) is 5.56 Å². The van der Waals surface area contributed by atoms with Crippen LogP contribution in [0, 0.1) is 12.7 Å². The van der Waals surface area contributed by atoms with Crippen molar-refractivity contribution in [1.82, 2.24) is 10.9 Å². The predicted octanol–water partition coefficient (Wildman–Crippen LogP) is 3.49. The van der Waals surface area contributed by atoms with Gasteiger partial charge in [0.2, 0.25) is 0 Å². The summed E-state index contributed by atoms with van der Waals surface area (Å²) in [5.41, 5.74) is 6.31. The third kappa shape index (κ3) is 4.81. The summed E-state index contributed by atoms with van der Waals surface area (Å²) in [6.07, 6.45) is -0.836. The van der Waals surface area contributed by atoms with Crippen LogP contribution in [-0.2, 0) is 4.79 Å². The maximum absolute atomic E-state index is 13.6. The number of halogens is 1. The van der Waals surface area contributed by atoms with Gasteiger partial charge in [0.15, 0.2) is 6.10 Å².